The molecule has 144 valence electrons. The third kappa shape index (κ3) is 4.26. The van der Waals surface area contributed by atoms with Crippen molar-refractivity contribution in [3.63, 3.8) is 0 Å². The van der Waals surface area contributed by atoms with Crippen LogP contribution in [0.5, 0.6) is 11.5 Å². The van der Waals surface area contributed by atoms with Crippen LogP contribution in [0.1, 0.15) is 10.4 Å². The van der Waals surface area contributed by atoms with Crippen molar-refractivity contribution in [3.8, 4) is 11.5 Å². The summed E-state index contributed by atoms with van der Waals surface area (Å²) in [4.78, 5) is 12.3. The lowest BCUT2D eigenvalue weighted by Crippen LogP contribution is -2.09. The molecule has 0 aliphatic heterocycles. The number of hydrogen-bond donors (Lipinski definition) is 2. The minimum absolute atomic E-state index is 0.0407. The predicted molar refractivity (Wildman–Crippen MR) is 106 cm³/mol. The molecular weight excluding hydrogens is 382 g/mol. The highest BCUT2D eigenvalue weighted by molar-refractivity contribution is 7.92. The number of amides is 1. The predicted octanol–water partition coefficient (Wildman–Crippen LogP) is 3.85. The van der Waals surface area contributed by atoms with E-state index in [0.29, 0.717) is 16.5 Å². The number of phenolic OH excluding ortho intramolecular Hbond substituents is 1. The van der Waals surface area contributed by atoms with E-state index in [0.717, 1.165) is 6.26 Å². The number of phenols is 1. The number of rotatable bonds is 5. The van der Waals surface area contributed by atoms with E-state index in [4.69, 9.17) is 4.74 Å². The Kier molecular flexibility index (Phi) is 5.27. The summed E-state index contributed by atoms with van der Waals surface area (Å²) in [7, 11) is -2.08. The number of methoxy groups -OCH3 is 1. The van der Waals surface area contributed by atoms with Gasteiger partial charge in [-0.25, -0.2) is 8.42 Å². The fourth-order valence-electron chi connectivity index (χ4n) is 2.62. The van der Waals surface area contributed by atoms with Gasteiger partial charge in [0.25, 0.3) is 5.91 Å². The molecule has 9 heteroatoms. The van der Waals surface area contributed by atoms with Crippen LogP contribution >= 0.6 is 0 Å². The normalized spacial score (nSPS) is 11.6. The summed E-state index contributed by atoms with van der Waals surface area (Å²) in [6.45, 7) is 0. The molecule has 0 atom stereocenters. The molecule has 0 fully saturated rings. The number of benzene rings is 3. The summed E-state index contributed by atoms with van der Waals surface area (Å²) in [5.74, 6) is -0.352. The van der Waals surface area contributed by atoms with E-state index in [-0.39, 0.29) is 22.7 Å². The molecule has 8 nitrogen and oxygen atoms in total. The van der Waals surface area contributed by atoms with Crippen LogP contribution in [0.3, 0.4) is 0 Å². The van der Waals surface area contributed by atoms with E-state index in [9.17, 15) is 18.3 Å². The van der Waals surface area contributed by atoms with Crippen LogP contribution < -0.4 is 9.46 Å². The van der Waals surface area contributed by atoms with Gasteiger partial charge in [0.2, 0.25) is 10.0 Å². The highest BCUT2D eigenvalue weighted by Gasteiger charge is 2.14. The Hall–Kier alpha value is -3.46. The second-order valence-corrected chi connectivity index (χ2v) is 7.70. The van der Waals surface area contributed by atoms with Crippen molar-refractivity contribution in [3.05, 3.63) is 60.2 Å². The number of aromatic hydroxyl groups is 1. The fraction of sp³-hybridized carbons (Fsp3) is 0.105. The Bertz CT molecular complexity index is 1190. The van der Waals surface area contributed by atoms with E-state index in [1.807, 2.05) is 0 Å². The fourth-order valence-corrected chi connectivity index (χ4v) is 3.19. The van der Waals surface area contributed by atoms with E-state index in [1.165, 1.54) is 19.2 Å². The van der Waals surface area contributed by atoms with Gasteiger partial charge in [0.15, 0.2) is 5.75 Å². The number of anilines is 1. The molecule has 3 aromatic rings. The van der Waals surface area contributed by atoms with Crippen LogP contribution in [0.15, 0.2) is 64.8 Å². The third-order valence-corrected chi connectivity index (χ3v) is 4.45. The second-order valence-electron chi connectivity index (χ2n) is 5.95. The van der Waals surface area contributed by atoms with Gasteiger partial charge >= 0.3 is 0 Å². The first-order chi connectivity index (χ1) is 13.3. The summed E-state index contributed by atoms with van der Waals surface area (Å²) in [5.41, 5.74) is 0.442. The lowest BCUT2D eigenvalue weighted by molar-refractivity contribution is 0.0994. The average Bonchev–Trinajstić information content (AvgIpc) is 2.68. The minimum Gasteiger partial charge on any atom is -0.505 e. The highest BCUT2D eigenvalue weighted by Crippen LogP contribution is 2.40. The van der Waals surface area contributed by atoms with Gasteiger partial charge in [-0.05, 0) is 24.3 Å². The second kappa shape index (κ2) is 7.65. The SMILES string of the molecule is COc1cccc(C(=O)N=Nc2cc(NS(C)(=O)=O)c3ccccc3c2O)c1. The summed E-state index contributed by atoms with van der Waals surface area (Å²) >= 11 is 0. The summed E-state index contributed by atoms with van der Waals surface area (Å²) in [6, 6.07) is 14.4. The van der Waals surface area contributed by atoms with Gasteiger partial charge in [-0.1, -0.05) is 30.3 Å². The van der Waals surface area contributed by atoms with E-state index >= 15 is 0 Å². The molecule has 2 N–H and O–H groups in total. The molecule has 1 amide bonds. The molecule has 0 saturated carbocycles. The first-order valence-corrected chi connectivity index (χ1v) is 10.0. The monoisotopic (exact) mass is 399 g/mol. The van der Waals surface area contributed by atoms with Crippen molar-refractivity contribution < 1.29 is 23.1 Å². The topological polar surface area (TPSA) is 117 Å². The molecule has 0 aliphatic carbocycles. The van der Waals surface area contributed by atoms with Crippen LogP contribution in [-0.4, -0.2) is 32.8 Å². The van der Waals surface area contributed by atoms with Crippen molar-refractivity contribution in [2.45, 2.75) is 0 Å². The van der Waals surface area contributed by atoms with Gasteiger partial charge < -0.3 is 9.84 Å². The number of fused-ring (bicyclic) bond motifs is 1. The number of carbonyl (C=O) groups excluding carboxylic acids is 1. The molecule has 0 unspecified atom stereocenters. The Morgan fingerprint density at radius 3 is 2.46 bits per heavy atom. The molecule has 28 heavy (non-hydrogen) atoms. The number of sulfonamides is 1. The molecule has 0 radical (unpaired) electrons. The summed E-state index contributed by atoms with van der Waals surface area (Å²) < 4.78 is 30.8. The molecule has 0 spiro atoms. The maximum atomic E-state index is 12.3. The van der Waals surface area contributed by atoms with Gasteiger partial charge in [-0.3, -0.25) is 9.52 Å². The third-order valence-electron chi connectivity index (χ3n) is 3.86. The number of nitrogens with one attached hydrogen (secondary N) is 1. The van der Waals surface area contributed by atoms with Crippen LogP contribution in [0, 0.1) is 0 Å². The molecule has 0 heterocycles. The zero-order valence-corrected chi connectivity index (χ0v) is 15.9. The Labute approximate surface area is 161 Å². The van der Waals surface area contributed by atoms with Crippen LogP contribution in [0.2, 0.25) is 0 Å². The van der Waals surface area contributed by atoms with Crippen molar-refractivity contribution in [1.82, 2.24) is 0 Å². The molecule has 0 aromatic heterocycles. The Balaban J connectivity index is 2.03. The van der Waals surface area contributed by atoms with Crippen LogP contribution in [-0.2, 0) is 10.0 Å². The smallest absolute Gasteiger partial charge is 0.295 e. The molecule has 0 saturated heterocycles. The first kappa shape index (κ1) is 19.3. The number of nitrogens with zero attached hydrogens (tertiary/aromatic N) is 2. The van der Waals surface area contributed by atoms with Gasteiger partial charge in [0, 0.05) is 16.3 Å². The van der Waals surface area contributed by atoms with Gasteiger partial charge in [-0.2, -0.15) is 0 Å². The van der Waals surface area contributed by atoms with Gasteiger partial charge in [0.05, 0.1) is 19.1 Å². The Morgan fingerprint density at radius 2 is 1.79 bits per heavy atom. The summed E-state index contributed by atoms with van der Waals surface area (Å²) in [6.07, 6.45) is 1.02. The maximum absolute atomic E-state index is 12.3. The van der Waals surface area contributed by atoms with Crippen molar-refractivity contribution >= 4 is 38.1 Å². The minimum atomic E-state index is -3.56. The van der Waals surface area contributed by atoms with E-state index in [2.05, 4.69) is 15.0 Å². The number of hydrogen-bond acceptors (Lipinski definition) is 6. The first-order valence-electron chi connectivity index (χ1n) is 8.11. The molecule has 3 rings (SSSR count). The van der Waals surface area contributed by atoms with Crippen LogP contribution in [0.25, 0.3) is 10.8 Å². The van der Waals surface area contributed by atoms with E-state index < -0.39 is 15.9 Å². The van der Waals surface area contributed by atoms with E-state index in [1.54, 1.807) is 42.5 Å². The highest BCUT2D eigenvalue weighted by atomic mass is 32.2. The standard InChI is InChI=1S/C19H17N3O5S/c1-27-13-7-5-6-12(10-13)19(24)21-20-17-11-16(22-28(2,25)26)14-8-3-4-9-15(14)18(17)23/h3-11,22-23H,1-2H3. The van der Waals surface area contributed by atoms with Gasteiger partial charge in [-0.15, -0.1) is 10.2 Å². The maximum Gasteiger partial charge on any atom is 0.295 e. The van der Waals surface area contributed by atoms with Crippen molar-refractivity contribution in [1.29, 1.82) is 0 Å². The van der Waals surface area contributed by atoms with Gasteiger partial charge in [0.1, 0.15) is 11.4 Å². The molecular formula is C19H17N3O5S. The summed E-state index contributed by atoms with van der Waals surface area (Å²) in [5, 5.41) is 18.8. The number of azo groups is 1. The molecule has 0 bridgehead atoms. The molecule has 0 aliphatic rings. The molecule has 3 aromatic carbocycles. The number of ether oxygens (including phenoxy) is 1. The van der Waals surface area contributed by atoms with Crippen molar-refractivity contribution in [2.75, 3.05) is 18.1 Å². The average molecular weight is 399 g/mol. The zero-order chi connectivity index (χ0) is 20.3. The Morgan fingerprint density at radius 1 is 1.07 bits per heavy atom. The largest absolute Gasteiger partial charge is 0.505 e. The number of carbonyl (C=O) groups is 1. The lowest BCUT2D eigenvalue weighted by Gasteiger charge is -2.11. The van der Waals surface area contributed by atoms with Crippen molar-refractivity contribution in [2.24, 2.45) is 10.2 Å². The quantitative estimate of drug-likeness (QED) is 0.499. The zero-order valence-electron chi connectivity index (χ0n) is 15.1. The lowest BCUT2D eigenvalue weighted by atomic mass is 10.1. The van der Waals surface area contributed by atoms with Crippen LogP contribution in [0.4, 0.5) is 11.4 Å².